The Hall–Kier alpha value is -1.63. The van der Waals surface area contributed by atoms with E-state index in [0.29, 0.717) is 38.3 Å². The van der Waals surface area contributed by atoms with E-state index in [1.807, 2.05) is 0 Å². The number of carbonyl (C=O) groups is 3. The molecule has 2 aliphatic carbocycles. The van der Waals surface area contributed by atoms with Crippen LogP contribution in [0.25, 0.3) is 0 Å². The van der Waals surface area contributed by atoms with Crippen molar-refractivity contribution in [3.05, 3.63) is 0 Å². The van der Waals surface area contributed by atoms with Gasteiger partial charge in [0.05, 0.1) is 12.0 Å². The fraction of sp³-hybridized carbons (Fsp3) is 0.864. The standard InChI is InChI=1S/C22H32O7/c1-15-4-5-16-19(2,11-26-13-23)17(28-14-24)6-7-20(16,3)22(15)9-8-21(29-22)10-18(25)27-12-21/h13-17H,4-12H2,1-3H3/t15-,16+,17+,19+,20+,21+,22-/m1/s1. The summed E-state index contributed by atoms with van der Waals surface area (Å²) in [7, 11) is 0. The summed E-state index contributed by atoms with van der Waals surface area (Å²) in [6.45, 7) is 8.15. The van der Waals surface area contributed by atoms with Gasteiger partial charge in [0.2, 0.25) is 0 Å². The molecule has 7 heteroatoms. The molecule has 2 saturated carbocycles. The Morgan fingerprint density at radius 3 is 2.55 bits per heavy atom. The molecule has 0 unspecified atom stereocenters. The van der Waals surface area contributed by atoms with Gasteiger partial charge in [-0.15, -0.1) is 0 Å². The van der Waals surface area contributed by atoms with Crippen molar-refractivity contribution in [2.24, 2.45) is 22.7 Å². The monoisotopic (exact) mass is 408 g/mol. The first-order chi connectivity index (χ1) is 13.8. The molecule has 0 aromatic carbocycles. The van der Waals surface area contributed by atoms with Crippen molar-refractivity contribution in [1.82, 2.24) is 0 Å². The molecule has 162 valence electrons. The van der Waals surface area contributed by atoms with Crippen molar-refractivity contribution in [3.8, 4) is 0 Å². The molecular formula is C22H32O7. The van der Waals surface area contributed by atoms with E-state index < -0.39 is 11.0 Å². The summed E-state index contributed by atoms with van der Waals surface area (Å²) < 4.78 is 23.0. The van der Waals surface area contributed by atoms with E-state index in [-0.39, 0.29) is 35.6 Å². The smallest absolute Gasteiger partial charge is 0.308 e. The Balaban J connectivity index is 1.71. The zero-order valence-electron chi connectivity index (χ0n) is 17.6. The van der Waals surface area contributed by atoms with Crippen molar-refractivity contribution >= 4 is 18.9 Å². The van der Waals surface area contributed by atoms with Crippen LogP contribution in [0.3, 0.4) is 0 Å². The van der Waals surface area contributed by atoms with Gasteiger partial charge in [-0.2, -0.15) is 0 Å². The van der Waals surface area contributed by atoms with Gasteiger partial charge >= 0.3 is 5.97 Å². The topological polar surface area (TPSA) is 88.1 Å². The maximum Gasteiger partial charge on any atom is 0.308 e. The summed E-state index contributed by atoms with van der Waals surface area (Å²) in [4.78, 5) is 34.0. The van der Waals surface area contributed by atoms with Crippen molar-refractivity contribution in [2.45, 2.75) is 83.0 Å². The largest absolute Gasteiger partial charge is 0.467 e. The van der Waals surface area contributed by atoms with E-state index in [2.05, 4.69) is 20.8 Å². The number of ether oxygens (including phenoxy) is 4. The molecular weight excluding hydrogens is 376 g/mol. The van der Waals surface area contributed by atoms with Crippen LogP contribution in [-0.2, 0) is 33.3 Å². The van der Waals surface area contributed by atoms with Crippen LogP contribution in [0.4, 0.5) is 0 Å². The molecule has 7 nitrogen and oxygen atoms in total. The summed E-state index contributed by atoms with van der Waals surface area (Å²) in [6.07, 6.45) is 5.24. The maximum absolute atomic E-state index is 11.9. The van der Waals surface area contributed by atoms with Gasteiger partial charge in [-0.25, -0.2) is 0 Å². The lowest BCUT2D eigenvalue weighted by Crippen LogP contribution is -2.66. The van der Waals surface area contributed by atoms with Crippen LogP contribution in [0.1, 0.15) is 65.7 Å². The summed E-state index contributed by atoms with van der Waals surface area (Å²) in [5.41, 5.74) is -1.53. The molecule has 2 aliphatic heterocycles. The number of hydrogen-bond acceptors (Lipinski definition) is 7. The number of hydrogen-bond donors (Lipinski definition) is 0. The number of esters is 1. The van der Waals surface area contributed by atoms with Gasteiger partial charge in [0.25, 0.3) is 12.9 Å². The molecule has 0 aromatic rings. The van der Waals surface area contributed by atoms with E-state index in [1.54, 1.807) is 0 Å². The predicted octanol–water partition coefficient (Wildman–Crippen LogP) is 2.79. The third-order valence-electron chi connectivity index (χ3n) is 8.87. The van der Waals surface area contributed by atoms with Crippen molar-refractivity contribution in [3.63, 3.8) is 0 Å². The molecule has 2 heterocycles. The number of carbonyl (C=O) groups excluding carboxylic acids is 3. The predicted molar refractivity (Wildman–Crippen MR) is 102 cm³/mol. The van der Waals surface area contributed by atoms with Crippen molar-refractivity contribution < 1.29 is 33.3 Å². The molecule has 0 bridgehead atoms. The summed E-state index contributed by atoms with van der Waals surface area (Å²) in [6, 6.07) is 0. The minimum absolute atomic E-state index is 0.165. The molecule has 0 amide bonds. The molecule has 7 atom stereocenters. The van der Waals surface area contributed by atoms with Crippen LogP contribution in [0.2, 0.25) is 0 Å². The molecule has 0 aromatic heterocycles. The second kappa shape index (κ2) is 6.96. The average Bonchev–Trinajstić information content (AvgIpc) is 3.25. The summed E-state index contributed by atoms with van der Waals surface area (Å²) in [5.74, 6) is 0.330. The van der Waals surface area contributed by atoms with Gasteiger partial charge in [-0.05, 0) is 50.4 Å². The Morgan fingerprint density at radius 2 is 1.90 bits per heavy atom. The molecule has 4 rings (SSSR count). The van der Waals surface area contributed by atoms with Crippen molar-refractivity contribution in [1.29, 1.82) is 0 Å². The van der Waals surface area contributed by atoms with Crippen LogP contribution >= 0.6 is 0 Å². The normalized spacial score (nSPS) is 48.9. The van der Waals surface area contributed by atoms with Crippen LogP contribution in [-0.4, -0.2) is 49.4 Å². The fourth-order valence-corrected chi connectivity index (χ4v) is 7.41. The highest BCUT2D eigenvalue weighted by molar-refractivity contribution is 5.73. The highest BCUT2D eigenvalue weighted by Crippen LogP contribution is 2.68. The lowest BCUT2D eigenvalue weighted by molar-refractivity contribution is -0.267. The van der Waals surface area contributed by atoms with Gasteiger partial charge in [0, 0.05) is 10.8 Å². The third-order valence-corrected chi connectivity index (χ3v) is 8.87. The van der Waals surface area contributed by atoms with Gasteiger partial charge in [-0.3, -0.25) is 14.4 Å². The molecule has 4 aliphatic rings. The SMILES string of the molecule is C[C@@H]1CC[C@H]2[C@](C)(COC=O)[C@@H](OC=O)CC[C@]2(C)[C@@]12CC[C@]1(COC(=O)C1)O2. The molecule has 4 fully saturated rings. The lowest BCUT2D eigenvalue weighted by atomic mass is 9.43. The van der Waals surface area contributed by atoms with E-state index in [4.69, 9.17) is 18.9 Å². The summed E-state index contributed by atoms with van der Waals surface area (Å²) in [5, 5.41) is 0. The number of rotatable bonds is 5. The van der Waals surface area contributed by atoms with Crippen LogP contribution in [0.15, 0.2) is 0 Å². The van der Waals surface area contributed by atoms with E-state index in [0.717, 1.165) is 32.1 Å². The minimum Gasteiger partial charge on any atom is -0.467 e. The third kappa shape index (κ3) is 2.83. The molecule has 0 N–H and O–H groups in total. The quantitative estimate of drug-likeness (QED) is 0.393. The molecule has 0 radical (unpaired) electrons. The second-order valence-corrected chi connectivity index (χ2v) is 10.1. The van der Waals surface area contributed by atoms with E-state index >= 15 is 0 Å². The van der Waals surface area contributed by atoms with Crippen LogP contribution in [0.5, 0.6) is 0 Å². The van der Waals surface area contributed by atoms with Gasteiger partial charge in [0.15, 0.2) is 0 Å². The minimum atomic E-state index is -0.512. The summed E-state index contributed by atoms with van der Waals surface area (Å²) >= 11 is 0. The van der Waals surface area contributed by atoms with E-state index in [1.165, 1.54) is 0 Å². The van der Waals surface area contributed by atoms with Gasteiger partial charge in [-0.1, -0.05) is 20.8 Å². The van der Waals surface area contributed by atoms with E-state index in [9.17, 15) is 14.4 Å². The molecule has 2 spiro atoms. The zero-order valence-corrected chi connectivity index (χ0v) is 17.6. The van der Waals surface area contributed by atoms with Gasteiger partial charge in [0.1, 0.15) is 24.9 Å². The Labute approximate surface area is 171 Å². The highest BCUT2D eigenvalue weighted by Gasteiger charge is 2.70. The number of fused-ring (bicyclic) bond motifs is 2. The first-order valence-corrected chi connectivity index (χ1v) is 10.8. The zero-order chi connectivity index (χ0) is 20.9. The fourth-order valence-electron chi connectivity index (χ4n) is 7.41. The molecule has 2 saturated heterocycles. The van der Waals surface area contributed by atoms with Crippen LogP contribution < -0.4 is 0 Å². The average molecular weight is 408 g/mol. The number of cyclic esters (lactones) is 1. The lowest BCUT2D eigenvalue weighted by Gasteiger charge is -2.65. The second-order valence-electron chi connectivity index (χ2n) is 10.1. The van der Waals surface area contributed by atoms with Crippen LogP contribution in [0, 0.1) is 22.7 Å². The first kappa shape index (κ1) is 20.6. The Bertz CT molecular complexity index is 695. The Morgan fingerprint density at radius 1 is 1.10 bits per heavy atom. The maximum atomic E-state index is 11.9. The highest BCUT2D eigenvalue weighted by atomic mass is 16.6. The molecule has 29 heavy (non-hydrogen) atoms. The van der Waals surface area contributed by atoms with Gasteiger partial charge < -0.3 is 18.9 Å². The first-order valence-electron chi connectivity index (χ1n) is 10.8. The van der Waals surface area contributed by atoms with Crippen molar-refractivity contribution in [2.75, 3.05) is 13.2 Å². The Kier molecular flexibility index (Phi) is 4.95.